The number of hydrogen-bond donors (Lipinski definition) is 2. The number of carbonyl (C=O) groups is 1. The van der Waals surface area contributed by atoms with Crippen LogP contribution in [0.2, 0.25) is 0 Å². The molecule has 1 fully saturated rings. The third kappa shape index (κ3) is 4.97. The number of amides is 1. The van der Waals surface area contributed by atoms with Crippen molar-refractivity contribution in [3.63, 3.8) is 0 Å². The maximum Gasteiger partial charge on any atom is 0.234 e. The van der Waals surface area contributed by atoms with Gasteiger partial charge in [0.2, 0.25) is 5.91 Å². The molecule has 0 spiro atoms. The normalized spacial score (nSPS) is 21.1. The molecule has 0 radical (unpaired) electrons. The highest BCUT2D eigenvalue weighted by atomic mass is 16.1. The SMILES string of the molecule is CC(C)NCC(=O)NC1CCC(C)(C)CC1. The van der Waals surface area contributed by atoms with Gasteiger partial charge in [0.05, 0.1) is 6.54 Å². The Morgan fingerprint density at radius 2 is 1.88 bits per heavy atom. The molecule has 0 heterocycles. The van der Waals surface area contributed by atoms with Gasteiger partial charge >= 0.3 is 0 Å². The summed E-state index contributed by atoms with van der Waals surface area (Å²) in [7, 11) is 0. The summed E-state index contributed by atoms with van der Waals surface area (Å²) in [6, 6.07) is 0.769. The largest absolute Gasteiger partial charge is 0.352 e. The van der Waals surface area contributed by atoms with E-state index < -0.39 is 0 Å². The lowest BCUT2D eigenvalue weighted by molar-refractivity contribution is -0.121. The standard InChI is InChI=1S/C13H26N2O/c1-10(2)14-9-12(16)15-11-5-7-13(3,4)8-6-11/h10-11,14H,5-9H2,1-4H3,(H,15,16). The van der Waals surface area contributed by atoms with Gasteiger partial charge in [-0.15, -0.1) is 0 Å². The molecule has 1 saturated carbocycles. The van der Waals surface area contributed by atoms with E-state index in [1.165, 1.54) is 12.8 Å². The minimum absolute atomic E-state index is 0.137. The molecular weight excluding hydrogens is 200 g/mol. The van der Waals surface area contributed by atoms with E-state index in [9.17, 15) is 4.79 Å². The molecule has 16 heavy (non-hydrogen) atoms. The van der Waals surface area contributed by atoms with E-state index in [-0.39, 0.29) is 5.91 Å². The quantitative estimate of drug-likeness (QED) is 0.770. The smallest absolute Gasteiger partial charge is 0.234 e. The molecule has 94 valence electrons. The lowest BCUT2D eigenvalue weighted by Gasteiger charge is -2.34. The molecule has 0 atom stereocenters. The molecule has 0 aliphatic heterocycles. The molecule has 0 bridgehead atoms. The third-order valence-electron chi connectivity index (χ3n) is 3.38. The highest BCUT2D eigenvalue weighted by Gasteiger charge is 2.27. The van der Waals surface area contributed by atoms with Gasteiger partial charge in [-0.2, -0.15) is 0 Å². The first kappa shape index (κ1) is 13.5. The van der Waals surface area contributed by atoms with E-state index in [0.717, 1.165) is 12.8 Å². The number of carbonyl (C=O) groups excluding carboxylic acids is 1. The van der Waals surface area contributed by atoms with E-state index in [2.05, 4.69) is 38.3 Å². The van der Waals surface area contributed by atoms with Crippen LogP contribution in [-0.4, -0.2) is 24.5 Å². The first-order valence-electron chi connectivity index (χ1n) is 6.42. The molecule has 0 saturated heterocycles. The van der Waals surface area contributed by atoms with Crippen molar-refractivity contribution in [3.05, 3.63) is 0 Å². The predicted molar refractivity (Wildman–Crippen MR) is 67.3 cm³/mol. The Morgan fingerprint density at radius 3 is 2.38 bits per heavy atom. The van der Waals surface area contributed by atoms with Crippen molar-refractivity contribution >= 4 is 5.91 Å². The molecule has 2 N–H and O–H groups in total. The lowest BCUT2D eigenvalue weighted by atomic mass is 9.75. The van der Waals surface area contributed by atoms with Crippen LogP contribution in [0.4, 0.5) is 0 Å². The molecule has 0 unspecified atom stereocenters. The summed E-state index contributed by atoms with van der Waals surface area (Å²) in [5.74, 6) is 0.137. The summed E-state index contributed by atoms with van der Waals surface area (Å²) in [6.07, 6.45) is 4.69. The lowest BCUT2D eigenvalue weighted by Crippen LogP contribution is -2.44. The first-order valence-corrected chi connectivity index (χ1v) is 6.42. The monoisotopic (exact) mass is 226 g/mol. The summed E-state index contributed by atoms with van der Waals surface area (Å²) >= 11 is 0. The van der Waals surface area contributed by atoms with Gasteiger partial charge in [0.1, 0.15) is 0 Å². The number of rotatable bonds is 4. The van der Waals surface area contributed by atoms with Crippen molar-refractivity contribution in [2.24, 2.45) is 5.41 Å². The molecular formula is C13H26N2O. The maximum atomic E-state index is 11.6. The van der Waals surface area contributed by atoms with Crippen LogP contribution in [0.15, 0.2) is 0 Å². The molecule has 3 heteroatoms. The topological polar surface area (TPSA) is 41.1 Å². The van der Waals surface area contributed by atoms with E-state index in [4.69, 9.17) is 0 Å². The summed E-state index contributed by atoms with van der Waals surface area (Å²) in [5.41, 5.74) is 0.470. The summed E-state index contributed by atoms with van der Waals surface area (Å²) in [5, 5.41) is 6.25. The Kier molecular flexibility index (Phi) is 4.78. The molecule has 1 aliphatic rings. The van der Waals surface area contributed by atoms with Gasteiger partial charge in [0.25, 0.3) is 0 Å². The molecule has 1 rings (SSSR count). The van der Waals surface area contributed by atoms with Crippen LogP contribution in [0.25, 0.3) is 0 Å². The average molecular weight is 226 g/mol. The Balaban J connectivity index is 2.21. The van der Waals surface area contributed by atoms with Gasteiger partial charge in [-0.3, -0.25) is 4.79 Å². The Hall–Kier alpha value is -0.570. The zero-order valence-electron chi connectivity index (χ0n) is 11.1. The minimum atomic E-state index is 0.137. The molecule has 0 aromatic carbocycles. The van der Waals surface area contributed by atoms with Crippen LogP contribution < -0.4 is 10.6 Å². The molecule has 1 aliphatic carbocycles. The van der Waals surface area contributed by atoms with Gasteiger partial charge in [-0.1, -0.05) is 27.7 Å². The van der Waals surface area contributed by atoms with Gasteiger partial charge in [0, 0.05) is 12.1 Å². The summed E-state index contributed by atoms with van der Waals surface area (Å²) in [6.45, 7) is 9.17. The fraction of sp³-hybridized carbons (Fsp3) is 0.923. The highest BCUT2D eigenvalue weighted by Crippen LogP contribution is 2.34. The van der Waals surface area contributed by atoms with Crippen molar-refractivity contribution < 1.29 is 4.79 Å². The van der Waals surface area contributed by atoms with Crippen molar-refractivity contribution in [3.8, 4) is 0 Å². The van der Waals surface area contributed by atoms with Crippen LogP contribution in [0.5, 0.6) is 0 Å². The summed E-state index contributed by atoms with van der Waals surface area (Å²) < 4.78 is 0. The van der Waals surface area contributed by atoms with Crippen LogP contribution in [0, 0.1) is 5.41 Å². The van der Waals surface area contributed by atoms with Crippen molar-refractivity contribution in [1.29, 1.82) is 0 Å². The van der Waals surface area contributed by atoms with E-state index in [0.29, 0.717) is 24.0 Å². The van der Waals surface area contributed by atoms with Crippen molar-refractivity contribution in [2.75, 3.05) is 6.54 Å². The fourth-order valence-corrected chi connectivity index (χ4v) is 2.12. The molecule has 3 nitrogen and oxygen atoms in total. The Labute approximate surface area is 99.4 Å². The van der Waals surface area contributed by atoms with Crippen LogP contribution in [0.3, 0.4) is 0 Å². The molecule has 1 amide bonds. The van der Waals surface area contributed by atoms with Gasteiger partial charge in [-0.05, 0) is 31.1 Å². The minimum Gasteiger partial charge on any atom is -0.352 e. The predicted octanol–water partition coefficient (Wildman–Crippen LogP) is 2.07. The number of nitrogens with one attached hydrogen (secondary N) is 2. The first-order chi connectivity index (χ1) is 7.39. The van der Waals surface area contributed by atoms with Crippen LogP contribution in [-0.2, 0) is 4.79 Å². The second kappa shape index (κ2) is 5.67. The highest BCUT2D eigenvalue weighted by molar-refractivity contribution is 5.78. The van der Waals surface area contributed by atoms with Crippen molar-refractivity contribution in [2.45, 2.75) is 65.5 Å². The fourth-order valence-electron chi connectivity index (χ4n) is 2.12. The zero-order valence-corrected chi connectivity index (χ0v) is 11.1. The maximum absolute atomic E-state index is 11.6. The Bertz CT molecular complexity index is 226. The second-order valence-corrected chi connectivity index (χ2v) is 6.04. The Morgan fingerprint density at radius 1 is 1.31 bits per heavy atom. The van der Waals surface area contributed by atoms with E-state index in [1.807, 2.05) is 0 Å². The molecule has 0 aromatic heterocycles. The molecule has 0 aromatic rings. The average Bonchev–Trinajstić information content (AvgIpc) is 2.18. The zero-order chi connectivity index (χ0) is 12.2. The van der Waals surface area contributed by atoms with Gasteiger partial charge < -0.3 is 10.6 Å². The van der Waals surface area contributed by atoms with Gasteiger partial charge in [-0.25, -0.2) is 0 Å². The summed E-state index contributed by atoms with van der Waals surface area (Å²) in [4.78, 5) is 11.6. The van der Waals surface area contributed by atoms with Crippen LogP contribution >= 0.6 is 0 Å². The third-order valence-corrected chi connectivity index (χ3v) is 3.38. The van der Waals surface area contributed by atoms with E-state index >= 15 is 0 Å². The van der Waals surface area contributed by atoms with E-state index in [1.54, 1.807) is 0 Å². The van der Waals surface area contributed by atoms with Gasteiger partial charge in [0.15, 0.2) is 0 Å². The second-order valence-electron chi connectivity index (χ2n) is 6.04. The van der Waals surface area contributed by atoms with Crippen LogP contribution in [0.1, 0.15) is 53.4 Å². The van der Waals surface area contributed by atoms with Crippen molar-refractivity contribution in [1.82, 2.24) is 10.6 Å². The number of hydrogen-bond acceptors (Lipinski definition) is 2.